The van der Waals surface area contributed by atoms with E-state index in [1.165, 1.54) is 31.4 Å². The average Bonchev–Trinajstić information content (AvgIpc) is 3.22. The van der Waals surface area contributed by atoms with E-state index in [1.54, 1.807) is 13.8 Å². The van der Waals surface area contributed by atoms with E-state index >= 15 is 0 Å². The van der Waals surface area contributed by atoms with Crippen molar-refractivity contribution in [1.82, 2.24) is 14.9 Å². The van der Waals surface area contributed by atoms with E-state index in [-0.39, 0.29) is 41.1 Å². The highest BCUT2D eigenvalue weighted by atomic mass is 35.5. The molecule has 1 aliphatic heterocycles. The minimum absolute atomic E-state index is 0.0724. The van der Waals surface area contributed by atoms with E-state index in [4.69, 9.17) is 21.1 Å². The summed E-state index contributed by atoms with van der Waals surface area (Å²) in [5, 5.41) is 2.61. The molecule has 0 spiro atoms. The number of nitrogens with zero attached hydrogens (tertiary/aromatic N) is 3. The number of carbonyl (C=O) groups excluding carboxylic acids is 2. The molecule has 9 nitrogen and oxygen atoms in total. The maximum absolute atomic E-state index is 14.0. The average molecular weight is 527 g/mol. The number of ether oxygens (including phenoxy) is 2. The van der Waals surface area contributed by atoms with Crippen molar-refractivity contribution in [2.24, 2.45) is 0 Å². The van der Waals surface area contributed by atoms with Gasteiger partial charge in [-0.3, -0.25) is 19.0 Å². The number of anilines is 1. The Morgan fingerprint density at radius 2 is 2.00 bits per heavy atom. The number of amides is 1. The van der Waals surface area contributed by atoms with Gasteiger partial charge >= 0.3 is 5.97 Å². The number of hydrogen-bond acceptors (Lipinski definition) is 7. The Hall–Kier alpha value is -3.21. The van der Waals surface area contributed by atoms with Crippen LogP contribution in [-0.4, -0.2) is 46.2 Å². The molecule has 1 atom stereocenters. The van der Waals surface area contributed by atoms with Crippen molar-refractivity contribution in [1.29, 1.82) is 0 Å². The van der Waals surface area contributed by atoms with Crippen LogP contribution in [0.25, 0.3) is 0 Å². The van der Waals surface area contributed by atoms with Gasteiger partial charge in [0.05, 0.1) is 0 Å². The Labute approximate surface area is 212 Å². The molecule has 36 heavy (non-hydrogen) atoms. The van der Waals surface area contributed by atoms with Crippen molar-refractivity contribution in [3.63, 3.8) is 0 Å². The van der Waals surface area contributed by atoms with Crippen molar-refractivity contribution < 1.29 is 27.8 Å². The Morgan fingerprint density at radius 1 is 1.31 bits per heavy atom. The molecule has 1 fully saturated rings. The lowest BCUT2D eigenvalue weighted by molar-refractivity contribution is -0.163. The molecule has 0 radical (unpaired) electrons. The molecule has 12 heteroatoms. The highest BCUT2D eigenvalue weighted by Gasteiger charge is 2.35. The van der Waals surface area contributed by atoms with Gasteiger partial charge in [-0.15, -0.1) is 0 Å². The summed E-state index contributed by atoms with van der Waals surface area (Å²) in [6.07, 6.45) is 0.551. The van der Waals surface area contributed by atoms with Crippen LogP contribution in [0.1, 0.15) is 52.6 Å². The third kappa shape index (κ3) is 6.13. The Morgan fingerprint density at radius 3 is 2.61 bits per heavy atom. The Balaban J connectivity index is 1.83. The van der Waals surface area contributed by atoms with E-state index in [1.807, 2.05) is 4.90 Å². The van der Waals surface area contributed by atoms with Crippen LogP contribution in [0.4, 0.5) is 14.7 Å². The van der Waals surface area contributed by atoms with Crippen LogP contribution in [-0.2, 0) is 20.9 Å². The van der Waals surface area contributed by atoms with Gasteiger partial charge in [-0.05, 0) is 46.2 Å². The second-order valence-corrected chi connectivity index (χ2v) is 9.71. The summed E-state index contributed by atoms with van der Waals surface area (Å²) in [6.45, 7) is 8.31. The third-order valence-electron chi connectivity index (χ3n) is 5.66. The normalized spacial score (nSPS) is 15.8. The van der Waals surface area contributed by atoms with Gasteiger partial charge < -0.3 is 19.7 Å². The summed E-state index contributed by atoms with van der Waals surface area (Å²) in [4.78, 5) is 43.3. The van der Waals surface area contributed by atoms with Gasteiger partial charge in [0.1, 0.15) is 18.2 Å². The summed E-state index contributed by atoms with van der Waals surface area (Å²) >= 11 is 6.25. The molecule has 0 saturated carbocycles. The number of rotatable bonds is 8. The molecule has 1 amide bonds. The first-order valence-electron chi connectivity index (χ1n) is 11.4. The zero-order chi connectivity index (χ0) is 26.8. The first-order chi connectivity index (χ1) is 16.8. The maximum atomic E-state index is 14.0. The van der Waals surface area contributed by atoms with Crippen molar-refractivity contribution in [2.75, 3.05) is 18.0 Å². The molecular weight excluding hydrogens is 498 g/mol. The van der Waals surface area contributed by atoms with Crippen LogP contribution in [0.2, 0.25) is 5.02 Å². The Kier molecular flexibility index (Phi) is 8.22. The summed E-state index contributed by atoms with van der Waals surface area (Å²) in [5.41, 5.74) is -1.80. The molecule has 1 aliphatic rings. The standard InChI is InChI=1S/C24H29ClF2N4O5/c1-13(2)31-21(33)19(25)20(35-12-15-6-7-16(26)10-18(15)27)29-23(31)30-9-8-17(11-30)28-22(34)24(4,5)36-14(3)32/h6-7,10,13,17H,8-9,11-12H2,1-5H3,(H,28,34)/t17-/m0/s1. The van der Waals surface area contributed by atoms with Crippen LogP contribution in [0.3, 0.4) is 0 Å². The third-order valence-corrected chi connectivity index (χ3v) is 5.98. The molecule has 196 valence electrons. The van der Waals surface area contributed by atoms with Gasteiger partial charge in [-0.1, -0.05) is 11.6 Å². The molecule has 1 aromatic heterocycles. The fourth-order valence-electron chi connectivity index (χ4n) is 3.88. The number of benzene rings is 1. The fourth-order valence-corrected chi connectivity index (χ4v) is 4.06. The van der Waals surface area contributed by atoms with E-state index in [0.717, 1.165) is 12.1 Å². The molecule has 2 aromatic rings. The summed E-state index contributed by atoms with van der Waals surface area (Å²) in [6, 6.07) is 2.48. The number of carbonyl (C=O) groups is 2. The minimum Gasteiger partial charge on any atom is -0.471 e. The van der Waals surface area contributed by atoms with E-state index < -0.39 is 34.7 Å². The zero-order valence-corrected chi connectivity index (χ0v) is 21.5. The van der Waals surface area contributed by atoms with Gasteiger partial charge in [-0.25, -0.2) is 8.78 Å². The maximum Gasteiger partial charge on any atom is 0.303 e. The highest BCUT2D eigenvalue weighted by molar-refractivity contribution is 6.31. The lowest BCUT2D eigenvalue weighted by Crippen LogP contribution is -2.49. The topological polar surface area (TPSA) is 103 Å². The molecule has 3 rings (SSSR count). The van der Waals surface area contributed by atoms with Crippen molar-refractivity contribution >= 4 is 29.4 Å². The van der Waals surface area contributed by atoms with Gasteiger partial charge in [0.15, 0.2) is 10.6 Å². The summed E-state index contributed by atoms with van der Waals surface area (Å²) in [7, 11) is 0. The largest absolute Gasteiger partial charge is 0.471 e. The van der Waals surface area contributed by atoms with Crippen LogP contribution in [0.15, 0.2) is 23.0 Å². The van der Waals surface area contributed by atoms with Crippen LogP contribution < -0.4 is 20.5 Å². The lowest BCUT2D eigenvalue weighted by atomic mass is 10.1. The zero-order valence-electron chi connectivity index (χ0n) is 20.7. The molecule has 1 N–H and O–H groups in total. The first-order valence-corrected chi connectivity index (χ1v) is 11.8. The van der Waals surface area contributed by atoms with E-state index in [2.05, 4.69) is 10.3 Å². The molecule has 0 aliphatic carbocycles. The first kappa shape index (κ1) is 27.4. The molecule has 1 saturated heterocycles. The van der Waals surface area contributed by atoms with Crippen LogP contribution in [0.5, 0.6) is 5.88 Å². The fraction of sp³-hybridized carbons (Fsp3) is 0.500. The molecule has 0 unspecified atom stereocenters. The quantitative estimate of drug-likeness (QED) is 0.526. The van der Waals surface area contributed by atoms with E-state index in [0.29, 0.717) is 19.5 Å². The number of hydrogen-bond donors (Lipinski definition) is 1. The summed E-state index contributed by atoms with van der Waals surface area (Å²) < 4.78 is 39.3. The van der Waals surface area contributed by atoms with E-state index in [9.17, 15) is 23.2 Å². The second-order valence-electron chi connectivity index (χ2n) is 9.33. The summed E-state index contributed by atoms with van der Waals surface area (Å²) in [5.74, 6) is -2.42. The van der Waals surface area contributed by atoms with Gasteiger partial charge in [0, 0.05) is 43.7 Å². The van der Waals surface area contributed by atoms with Crippen molar-refractivity contribution in [2.45, 2.75) is 65.3 Å². The number of halogens is 3. The Bertz CT molecular complexity index is 1220. The van der Waals surface area contributed by atoms with Crippen molar-refractivity contribution in [3.8, 4) is 5.88 Å². The minimum atomic E-state index is -1.34. The van der Waals surface area contributed by atoms with Gasteiger partial charge in [-0.2, -0.15) is 4.98 Å². The molecular formula is C24H29ClF2N4O5. The van der Waals surface area contributed by atoms with Crippen LogP contribution in [0, 0.1) is 11.6 Å². The molecule has 2 heterocycles. The number of aromatic nitrogens is 2. The predicted molar refractivity (Wildman–Crippen MR) is 129 cm³/mol. The van der Waals surface area contributed by atoms with Gasteiger partial charge in [0.2, 0.25) is 11.8 Å². The smallest absolute Gasteiger partial charge is 0.303 e. The van der Waals surface area contributed by atoms with Crippen LogP contribution >= 0.6 is 11.6 Å². The predicted octanol–water partition coefficient (Wildman–Crippen LogP) is 3.37. The highest BCUT2D eigenvalue weighted by Crippen LogP contribution is 2.28. The lowest BCUT2D eigenvalue weighted by Gasteiger charge is -2.27. The second kappa shape index (κ2) is 10.8. The molecule has 0 bridgehead atoms. The number of esters is 1. The van der Waals surface area contributed by atoms with Gasteiger partial charge in [0.25, 0.3) is 11.5 Å². The SMILES string of the molecule is CC(=O)OC(C)(C)C(=O)N[C@H]1CCN(c2nc(OCc3ccc(F)cc3F)c(Cl)c(=O)n2C(C)C)C1. The number of nitrogens with one attached hydrogen (secondary N) is 1. The van der Waals surface area contributed by atoms with Crippen molar-refractivity contribution in [3.05, 3.63) is 50.8 Å². The molecule has 1 aromatic carbocycles. The monoisotopic (exact) mass is 526 g/mol.